The fourth-order valence-corrected chi connectivity index (χ4v) is 2.61. The molecule has 0 aliphatic heterocycles. The number of carbonyl (C=O) groups is 1. The summed E-state index contributed by atoms with van der Waals surface area (Å²) in [5, 5.41) is 7.13. The number of nitrogens with zero attached hydrogens (tertiary/aromatic N) is 2. The summed E-state index contributed by atoms with van der Waals surface area (Å²) in [6, 6.07) is 13.3. The fraction of sp³-hybridized carbons (Fsp3) is 0.158. The minimum atomic E-state index is -0.633. The molecule has 1 amide bonds. The van der Waals surface area contributed by atoms with E-state index in [9.17, 15) is 9.18 Å². The van der Waals surface area contributed by atoms with Gasteiger partial charge in [-0.15, -0.1) is 0 Å². The zero-order valence-electron chi connectivity index (χ0n) is 14.2. The van der Waals surface area contributed by atoms with Crippen molar-refractivity contribution in [1.82, 2.24) is 9.78 Å². The lowest BCUT2D eigenvalue weighted by molar-refractivity contribution is 0.102. The number of methoxy groups -OCH3 is 1. The zero-order chi connectivity index (χ0) is 18.0. The first kappa shape index (κ1) is 16.7. The van der Waals surface area contributed by atoms with Crippen LogP contribution in [0, 0.1) is 19.7 Å². The molecule has 25 heavy (non-hydrogen) atoms. The second kappa shape index (κ2) is 6.76. The van der Waals surface area contributed by atoms with Crippen molar-refractivity contribution < 1.29 is 13.9 Å². The van der Waals surface area contributed by atoms with Gasteiger partial charge in [0.15, 0.2) is 0 Å². The third kappa shape index (κ3) is 3.52. The Morgan fingerprint density at radius 1 is 1.16 bits per heavy atom. The molecule has 2 aromatic carbocycles. The zero-order valence-corrected chi connectivity index (χ0v) is 14.2. The van der Waals surface area contributed by atoms with Gasteiger partial charge in [-0.25, -0.2) is 9.07 Å². The Balaban J connectivity index is 1.85. The average Bonchev–Trinajstić information content (AvgIpc) is 2.93. The monoisotopic (exact) mass is 339 g/mol. The maximum atomic E-state index is 14.0. The lowest BCUT2D eigenvalue weighted by Crippen LogP contribution is -2.14. The van der Waals surface area contributed by atoms with E-state index in [0.717, 1.165) is 17.1 Å². The van der Waals surface area contributed by atoms with Crippen molar-refractivity contribution in [2.45, 2.75) is 13.8 Å². The molecule has 1 N–H and O–H groups in total. The maximum absolute atomic E-state index is 14.0. The Morgan fingerprint density at radius 3 is 2.60 bits per heavy atom. The second-order valence-electron chi connectivity index (χ2n) is 5.69. The van der Waals surface area contributed by atoms with Crippen LogP contribution in [-0.2, 0) is 0 Å². The quantitative estimate of drug-likeness (QED) is 0.784. The van der Waals surface area contributed by atoms with Crippen LogP contribution in [0.5, 0.6) is 5.75 Å². The van der Waals surface area contributed by atoms with Crippen LogP contribution in [0.4, 0.5) is 10.1 Å². The summed E-state index contributed by atoms with van der Waals surface area (Å²) in [5.74, 6) is -0.794. The number of aromatic nitrogens is 2. The number of hydrogen-bond donors (Lipinski definition) is 1. The standard InChI is InChI=1S/C19H18FN3O2/c1-12-9-13(2)23(22-12)15-6-4-5-14(10-15)21-19(24)17-8-7-16(25-3)11-18(17)20/h4-11H,1-3H3,(H,21,24). The highest BCUT2D eigenvalue weighted by Gasteiger charge is 2.13. The van der Waals surface area contributed by atoms with Crippen molar-refractivity contribution in [2.75, 3.05) is 12.4 Å². The van der Waals surface area contributed by atoms with Crippen LogP contribution in [0.2, 0.25) is 0 Å². The summed E-state index contributed by atoms with van der Waals surface area (Å²) in [6.07, 6.45) is 0. The molecule has 0 fully saturated rings. The van der Waals surface area contributed by atoms with Crippen molar-refractivity contribution in [1.29, 1.82) is 0 Å². The molecule has 0 spiro atoms. The maximum Gasteiger partial charge on any atom is 0.258 e. The molecule has 6 heteroatoms. The molecule has 0 aliphatic carbocycles. The van der Waals surface area contributed by atoms with Crippen molar-refractivity contribution in [3.05, 3.63) is 71.3 Å². The summed E-state index contributed by atoms with van der Waals surface area (Å²) in [7, 11) is 1.44. The molecular formula is C19H18FN3O2. The first-order chi connectivity index (χ1) is 12.0. The van der Waals surface area contributed by atoms with E-state index in [2.05, 4.69) is 10.4 Å². The molecule has 0 radical (unpaired) electrons. The molecule has 0 aliphatic rings. The normalized spacial score (nSPS) is 10.6. The van der Waals surface area contributed by atoms with Crippen LogP contribution in [0.3, 0.4) is 0 Å². The first-order valence-electron chi connectivity index (χ1n) is 7.76. The van der Waals surface area contributed by atoms with Gasteiger partial charge in [-0.2, -0.15) is 5.10 Å². The predicted molar refractivity (Wildman–Crippen MR) is 93.9 cm³/mol. The fourth-order valence-electron chi connectivity index (χ4n) is 2.61. The predicted octanol–water partition coefficient (Wildman–Crippen LogP) is 3.89. The highest BCUT2D eigenvalue weighted by atomic mass is 19.1. The number of benzene rings is 2. The van der Waals surface area contributed by atoms with E-state index in [1.807, 2.05) is 32.0 Å². The molecule has 0 unspecified atom stereocenters. The van der Waals surface area contributed by atoms with Crippen LogP contribution >= 0.6 is 0 Å². The van der Waals surface area contributed by atoms with Crippen molar-refractivity contribution >= 4 is 11.6 Å². The van der Waals surface area contributed by atoms with Crippen LogP contribution in [0.15, 0.2) is 48.5 Å². The summed E-state index contributed by atoms with van der Waals surface area (Å²) >= 11 is 0. The molecule has 3 rings (SSSR count). The van der Waals surface area contributed by atoms with E-state index in [1.54, 1.807) is 22.9 Å². The number of halogens is 1. The van der Waals surface area contributed by atoms with Crippen molar-refractivity contribution in [2.24, 2.45) is 0 Å². The van der Waals surface area contributed by atoms with Gasteiger partial charge in [0.2, 0.25) is 0 Å². The average molecular weight is 339 g/mol. The van der Waals surface area contributed by atoms with E-state index >= 15 is 0 Å². The lowest BCUT2D eigenvalue weighted by Gasteiger charge is -2.10. The van der Waals surface area contributed by atoms with Crippen LogP contribution in [0.1, 0.15) is 21.7 Å². The minimum Gasteiger partial charge on any atom is -0.497 e. The number of aryl methyl sites for hydroxylation is 2. The van der Waals surface area contributed by atoms with E-state index in [1.165, 1.54) is 19.2 Å². The van der Waals surface area contributed by atoms with Gasteiger partial charge < -0.3 is 10.1 Å². The first-order valence-corrected chi connectivity index (χ1v) is 7.76. The summed E-state index contributed by atoms with van der Waals surface area (Å²) in [4.78, 5) is 12.3. The Hall–Kier alpha value is -3.15. The third-order valence-corrected chi connectivity index (χ3v) is 3.78. The largest absolute Gasteiger partial charge is 0.497 e. The number of ether oxygens (including phenoxy) is 1. The number of hydrogen-bond acceptors (Lipinski definition) is 3. The van der Waals surface area contributed by atoms with Gasteiger partial charge in [0, 0.05) is 17.4 Å². The van der Waals surface area contributed by atoms with Crippen LogP contribution in [-0.4, -0.2) is 22.8 Å². The Kier molecular flexibility index (Phi) is 4.52. The molecule has 1 heterocycles. The molecule has 128 valence electrons. The van der Waals surface area contributed by atoms with Crippen LogP contribution in [0.25, 0.3) is 5.69 Å². The smallest absolute Gasteiger partial charge is 0.258 e. The van der Waals surface area contributed by atoms with Gasteiger partial charge >= 0.3 is 0 Å². The van der Waals surface area contributed by atoms with Gasteiger partial charge in [0.1, 0.15) is 11.6 Å². The van der Waals surface area contributed by atoms with Gasteiger partial charge in [-0.05, 0) is 50.2 Å². The number of anilines is 1. The van der Waals surface area contributed by atoms with Crippen LogP contribution < -0.4 is 10.1 Å². The van der Waals surface area contributed by atoms with E-state index < -0.39 is 11.7 Å². The molecule has 0 atom stereocenters. The molecule has 3 aromatic rings. The van der Waals surface area contributed by atoms with Crippen molar-refractivity contribution in [3.63, 3.8) is 0 Å². The summed E-state index contributed by atoms with van der Waals surface area (Å²) in [5.41, 5.74) is 3.23. The minimum absolute atomic E-state index is 0.0442. The van der Waals surface area contributed by atoms with E-state index in [0.29, 0.717) is 11.4 Å². The SMILES string of the molecule is COc1ccc(C(=O)Nc2cccc(-n3nc(C)cc3C)c2)c(F)c1. The molecule has 1 aromatic heterocycles. The lowest BCUT2D eigenvalue weighted by atomic mass is 10.2. The Morgan fingerprint density at radius 2 is 1.96 bits per heavy atom. The van der Waals surface area contributed by atoms with E-state index in [-0.39, 0.29) is 5.56 Å². The van der Waals surface area contributed by atoms with Gasteiger partial charge in [0.25, 0.3) is 5.91 Å². The molecular weight excluding hydrogens is 321 g/mol. The number of rotatable bonds is 4. The number of carbonyl (C=O) groups excluding carboxylic acids is 1. The van der Waals surface area contributed by atoms with Gasteiger partial charge in [-0.1, -0.05) is 6.07 Å². The highest BCUT2D eigenvalue weighted by Crippen LogP contribution is 2.20. The van der Waals surface area contributed by atoms with Crippen molar-refractivity contribution in [3.8, 4) is 11.4 Å². The number of amides is 1. The number of nitrogens with one attached hydrogen (secondary N) is 1. The van der Waals surface area contributed by atoms with Gasteiger partial charge in [0.05, 0.1) is 24.1 Å². The summed E-state index contributed by atoms with van der Waals surface area (Å²) < 4.78 is 20.8. The second-order valence-corrected chi connectivity index (χ2v) is 5.69. The molecule has 0 saturated heterocycles. The molecule has 0 saturated carbocycles. The Labute approximate surface area is 145 Å². The molecule has 0 bridgehead atoms. The third-order valence-electron chi connectivity index (χ3n) is 3.78. The van der Waals surface area contributed by atoms with E-state index in [4.69, 9.17) is 4.74 Å². The topological polar surface area (TPSA) is 56.1 Å². The highest BCUT2D eigenvalue weighted by molar-refractivity contribution is 6.04. The van der Waals surface area contributed by atoms with Gasteiger partial charge in [-0.3, -0.25) is 4.79 Å². The molecule has 5 nitrogen and oxygen atoms in total. The summed E-state index contributed by atoms with van der Waals surface area (Å²) in [6.45, 7) is 3.87. The Bertz CT molecular complexity index is 934.